The van der Waals surface area contributed by atoms with Gasteiger partial charge in [-0.25, -0.2) is 9.67 Å². The summed E-state index contributed by atoms with van der Waals surface area (Å²) >= 11 is 1.49. The summed E-state index contributed by atoms with van der Waals surface area (Å²) in [5.74, 6) is 0. The molecule has 146 valence electrons. The summed E-state index contributed by atoms with van der Waals surface area (Å²) in [7, 11) is 0. The van der Waals surface area contributed by atoms with E-state index in [1.807, 2.05) is 41.8 Å². The van der Waals surface area contributed by atoms with Crippen LogP contribution in [0.4, 0.5) is 5.69 Å². The zero-order valence-corrected chi connectivity index (χ0v) is 16.0. The third kappa shape index (κ3) is 5.11. The molecule has 0 saturated carbocycles. The lowest BCUT2D eigenvalue weighted by Crippen LogP contribution is -2.22. The molecule has 0 bridgehead atoms. The molecular formula is C20H17N5O3S. The highest BCUT2D eigenvalue weighted by molar-refractivity contribution is 7.13. The van der Waals surface area contributed by atoms with Gasteiger partial charge in [0.15, 0.2) is 0 Å². The molecule has 0 unspecified atom stereocenters. The molecule has 0 saturated heterocycles. The lowest BCUT2D eigenvalue weighted by atomic mass is 10.2. The molecule has 29 heavy (non-hydrogen) atoms. The first kappa shape index (κ1) is 19.9. The minimum absolute atomic E-state index is 0.165. The Hall–Kier alpha value is -3.85. The molecule has 0 aliphatic heterocycles. The maximum absolute atomic E-state index is 12.2. The van der Waals surface area contributed by atoms with E-state index in [1.165, 1.54) is 22.1 Å². The SMILES string of the molecule is Nc1cccc(Cn2nc(-c3nc(-c4ccncc4)cs3)ccc2=O)c1.O=CO. The van der Waals surface area contributed by atoms with Gasteiger partial charge in [-0.05, 0) is 35.9 Å². The maximum Gasteiger partial charge on any atom is 0.290 e. The lowest BCUT2D eigenvalue weighted by Gasteiger charge is -2.06. The van der Waals surface area contributed by atoms with Crippen LogP contribution in [-0.4, -0.2) is 31.3 Å². The maximum atomic E-state index is 12.2. The molecule has 4 rings (SSSR count). The largest absolute Gasteiger partial charge is 0.483 e. The van der Waals surface area contributed by atoms with Crippen LogP contribution >= 0.6 is 11.3 Å². The summed E-state index contributed by atoms with van der Waals surface area (Å²) in [5.41, 5.74) is 9.75. The first-order valence-corrected chi connectivity index (χ1v) is 9.35. The van der Waals surface area contributed by atoms with Crippen molar-refractivity contribution >= 4 is 23.5 Å². The molecule has 3 aromatic heterocycles. The molecular weight excluding hydrogens is 390 g/mol. The van der Waals surface area contributed by atoms with Crippen molar-refractivity contribution in [3.63, 3.8) is 0 Å². The number of carbonyl (C=O) groups is 1. The van der Waals surface area contributed by atoms with Crippen LogP contribution in [0.15, 0.2) is 71.1 Å². The molecule has 0 fully saturated rings. The quantitative estimate of drug-likeness (QED) is 0.394. The van der Waals surface area contributed by atoms with Crippen LogP contribution in [0.25, 0.3) is 22.0 Å². The molecule has 0 radical (unpaired) electrons. The Morgan fingerprint density at radius 2 is 1.86 bits per heavy atom. The molecule has 0 aliphatic rings. The Bertz CT molecular complexity index is 1160. The summed E-state index contributed by atoms with van der Waals surface area (Å²) in [6, 6.07) is 14.5. The number of carboxylic acid groups (broad SMARTS) is 1. The van der Waals surface area contributed by atoms with Crippen LogP contribution in [-0.2, 0) is 11.3 Å². The van der Waals surface area contributed by atoms with Gasteiger partial charge < -0.3 is 10.8 Å². The standard InChI is InChI=1S/C19H15N5OS.CH2O2/c20-15-3-1-2-13(10-15)11-24-18(25)5-4-16(23-24)19-22-17(12-26-19)14-6-8-21-9-7-14;2-1-3/h1-10,12H,11,20H2;1H,(H,2,3). The van der Waals surface area contributed by atoms with Crippen LogP contribution in [0, 0.1) is 0 Å². The molecule has 9 heteroatoms. The second-order valence-electron chi connectivity index (χ2n) is 5.84. The van der Waals surface area contributed by atoms with Crippen LogP contribution in [0.5, 0.6) is 0 Å². The number of aromatic nitrogens is 4. The van der Waals surface area contributed by atoms with Gasteiger partial charge in [0, 0.05) is 35.1 Å². The van der Waals surface area contributed by atoms with E-state index < -0.39 is 0 Å². The predicted molar refractivity (Wildman–Crippen MR) is 111 cm³/mol. The molecule has 0 spiro atoms. The van der Waals surface area contributed by atoms with E-state index in [-0.39, 0.29) is 12.0 Å². The third-order valence-corrected chi connectivity index (χ3v) is 4.71. The number of benzene rings is 1. The van der Waals surface area contributed by atoms with E-state index in [0.29, 0.717) is 17.9 Å². The van der Waals surface area contributed by atoms with Gasteiger partial charge in [-0.1, -0.05) is 12.1 Å². The summed E-state index contributed by atoms with van der Waals surface area (Å²) < 4.78 is 1.43. The van der Waals surface area contributed by atoms with E-state index in [1.54, 1.807) is 18.5 Å². The number of nitrogens with two attached hydrogens (primary N) is 1. The molecule has 1 aromatic carbocycles. The van der Waals surface area contributed by atoms with E-state index >= 15 is 0 Å². The summed E-state index contributed by atoms with van der Waals surface area (Å²) in [5, 5.41) is 14.1. The van der Waals surface area contributed by atoms with Crippen molar-refractivity contribution in [3.8, 4) is 22.0 Å². The average molecular weight is 407 g/mol. The van der Waals surface area contributed by atoms with E-state index in [9.17, 15) is 4.79 Å². The van der Waals surface area contributed by atoms with Crippen molar-refractivity contribution in [2.75, 3.05) is 5.73 Å². The zero-order valence-electron chi connectivity index (χ0n) is 15.2. The summed E-state index contributed by atoms with van der Waals surface area (Å²) in [6.07, 6.45) is 3.47. The second kappa shape index (κ2) is 9.38. The van der Waals surface area contributed by atoms with Gasteiger partial charge in [0.1, 0.15) is 10.7 Å². The van der Waals surface area contributed by atoms with Gasteiger partial charge in [-0.15, -0.1) is 11.3 Å². The topological polar surface area (TPSA) is 124 Å². The van der Waals surface area contributed by atoms with Crippen molar-refractivity contribution in [2.24, 2.45) is 0 Å². The van der Waals surface area contributed by atoms with Crippen LogP contribution in [0.3, 0.4) is 0 Å². The lowest BCUT2D eigenvalue weighted by molar-refractivity contribution is -0.122. The molecule has 3 N–H and O–H groups in total. The monoisotopic (exact) mass is 407 g/mol. The van der Waals surface area contributed by atoms with Crippen molar-refractivity contribution in [3.05, 3.63) is 82.2 Å². The van der Waals surface area contributed by atoms with Gasteiger partial charge in [-0.2, -0.15) is 5.10 Å². The first-order valence-electron chi connectivity index (χ1n) is 8.47. The van der Waals surface area contributed by atoms with Gasteiger partial charge in [0.2, 0.25) is 0 Å². The van der Waals surface area contributed by atoms with Crippen LogP contribution in [0.2, 0.25) is 0 Å². The van der Waals surface area contributed by atoms with Gasteiger partial charge in [-0.3, -0.25) is 14.6 Å². The summed E-state index contributed by atoms with van der Waals surface area (Å²) in [4.78, 5) is 29.2. The van der Waals surface area contributed by atoms with E-state index in [2.05, 4.69) is 15.1 Å². The first-order chi connectivity index (χ1) is 14.1. The predicted octanol–water partition coefficient (Wildman–Crippen LogP) is 2.76. The Morgan fingerprint density at radius 1 is 1.10 bits per heavy atom. The number of anilines is 1. The van der Waals surface area contributed by atoms with Crippen molar-refractivity contribution in [1.82, 2.24) is 19.7 Å². The minimum atomic E-state index is -0.250. The minimum Gasteiger partial charge on any atom is -0.483 e. The average Bonchev–Trinajstić information content (AvgIpc) is 3.21. The summed E-state index contributed by atoms with van der Waals surface area (Å²) in [6.45, 7) is 0.111. The van der Waals surface area contributed by atoms with Gasteiger partial charge in [0.05, 0.1) is 12.2 Å². The fourth-order valence-electron chi connectivity index (χ4n) is 2.59. The number of pyridine rings is 1. The highest BCUT2D eigenvalue weighted by Gasteiger charge is 2.10. The molecule has 3 heterocycles. The van der Waals surface area contributed by atoms with Gasteiger partial charge in [0.25, 0.3) is 12.0 Å². The Kier molecular flexibility index (Phi) is 6.43. The smallest absolute Gasteiger partial charge is 0.290 e. The third-order valence-electron chi connectivity index (χ3n) is 3.85. The van der Waals surface area contributed by atoms with Crippen molar-refractivity contribution in [2.45, 2.75) is 6.54 Å². The number of thiazole rings is 1. The zero-order chi connectivity index (χ0) is 20.6. The van der Waals surface area contributed by atoms with E-state index in [0.717, 1.165) is 21.8 Å². The fourth-order valence-corrected chi connectivity index (χ4v) is 3.38. The molecule has 8 nitrogen and oxygen atoms in total. The molecule has 0 amide bonds. The Balaban J connectivity index is 0.000000755. The highest BCUT2D eigenvalue weighted by Crippen LogP contribution is 2.26. The second-order valence-corrected chi connectivity index (χ2v) is 6.70. The van der Waals surface area contributed by atoms with E-state index in [4.69, 9.17) is 15.6 Å². The van der Waals surface area contributed by atoms with Crippen LogP contribution < -0.4 is 11.3 Å². The fraction of sp³-hybridized carbons (Fsp3) is 0.0500. The number of nitrogens with zero attached hydrogens (tertiary/aromatic N) is 4. The molecule has 0 aliphatic carbocycles. The van der Waals surface area contributed by atoms with Crippen LogP contribution in [0.1, 0.15) is 5.56 Å². The number of nitrogen functional groups attached to an aromatic ring is 1. The Labute approximate surface area is 169 Å². The number of rotatable bonds is 4. The van der Waals surface area contributed by atoms with Gasteiger partial charge >= 0.3 is 0 Å². The highest BCUT2D eigenvalue weighted by atomic mass is 32.1. The Morgan fingerprint density at radius 3 is 2.59 bits per heavy atom. The van der Waals surface area contributed by atoms with Crippen molar-refractivity contribution in [1.29, 1.82) is 0 Å². The number of hydrogen-bond acceptors (Lipinski definition) is 7. The normalized spacial score (nSPS) is 10.1. The van der Waals surface area contributed by atoms with Crippen molar-refractivity contribution < 1.29 is 9.90 Å². The number of hydrogen-bond donors (Lipinski definition) is 2. The molecule has 4 aromatic rings. The molecule has 0 atom stereocenters.